The van der Waals surface area contributed by atoms with Gasteiger partial charge in [0, 0.05) is 12.1 Å². The van der Waals surface area contributed by atoms with E-state index in [9.17, 15) is 4.79 Å². The molecule has 2 aromatic rings. The van der Waals surface area contributed by atoms with Crippen molar-refractivity contribution in [3.63, 3.8) is 0 Å². The van der Waals surface area contributed by atoms with Crippen molar-refractivity contribution in [1.29, 1.82) is 0 Å². The molecule has 0 spiro atoms. The Balaban J connectivity index is 1.76. The summed E-state index contributed by atoms with van der Waals surface area (Å²) in [5.74, 6) is -0.811. The second-order valence-corrected chi connectivity index (χ2v) is 6.22. The fraction of sp³-hybridized carbons (Fsp3) is 0.200. The first-order valence-corrected chi connectivity index (χ1v) is 7.00. The maximum atomic E-state index is 12.3. The molecule has 0 bridgehead atoms. The summed E-state index contributed by atoms with van der Waals surface area (Å²) in [5.41, 5.74) is 1.61. The van der Waals surface area contributed by atoms with E-state index in [2.05, 4.69) is 10.3 Å². The Morgan fingerprint density at radius 1 is 1.15 bits per heavy atom. The van der Waals surface area contributed by atoms with Crippen molar-refractivity contribution < 1.29 is 4.79 Å². The number of carbonyl (C=O) groups is 1. The Kier molecular flexibility index (Phi) is 3.40. The van der Waals surface area contributed by atoms with E-state index in [0.29, 0.717) is 5.69 Å². The monoisotopic (exact) mass is 306 g/mol. The number of amides is 1. The minimum Gasteiger partial charge on any atom is -0.324 e. The number of nitrogens with zero attached hydrogens (tertiary/aromatic N) is 1. The van der Waals surface area contributed by atoms with E-state index in [-0.39, 0.29) is 11.8 Å². The molecule has 1 saturated carbocycles. The third kappa shape index (κ3) is 2.39. The fourth-order valence-corrected chi connectivity index (χ4v) is 3.21. The molecule has 1 aliphatic rings. The molecular formula is C15H12Cl2N2O. The number of nitrogens with one attached hydrogen (secondary N) is 1. The van der Waals surface area contributed by atoms with Crippen LogP contribution in [-0.2, 0) is 4.79 Å². The van der Waals surface area contributed by atoms with Crippen LogP contribution in [0.1, 0.15) is 11.5 Å². The molecule has 3 nitrogen and oxygen atoms in total. The van der Waals surface area contributed by atoms with Crippen LogP contribution in [0.15, 0.2) is 54.9 Å². The van der Waals surface area contributed by atoms with E-state index in [1.807, 2.05) is 30.3 Å². The van der Waals surface area contributed by atoms with E-state index >= 15 is 0 Å². The number of anilines is 1. The summed E-state index contributed by atoms with van der Waals surface area (Å²) >= 11 is 12.5. The number of benzene rings is 1. The van der Waals surface area contributed by atoms with E-state index in [1.54, 1.807) is 24.5 Å². The van der Waals surface area contributed by atoms with Gasteiger partial charge in [0.15, 0.2) is 0 Å². The molecule has 5 heteroatoms. The summed E-state index contributed by atoms with van der Waals surface area (Å²) in [6, 6.07) is 13.1. The van der Waals surface area contributed by atoms with Crippen LogP contribution in [0.4, 0.5) is 5.69 Å². The van der Waals surface area contributed by atoms with Crippen LogP contribution >= 0.6 is 23.2 Å². The van der Waals surface area contributed by atoms with Gasteiger partial charge in [-0.25, -0.2) is 0 Å². The molecule has 0 radical (unpaired) electrons. The van der Waals surface area contributed by atoms with Crippen LogP contribution < -0.4 is 5.32 Å². The van der Waals surface area contributed by atoms with Gasteiger partial charge in [0.1, 0.15) is 4.33 Å². The molecule has 1 aliphatic carbocycles. The van der Waals surface area contributed by atoms with Gasteiger partial charge in [-0.15, -0.1) is 23.2 Å². The highest BCUT2D eigenvalue weighted by atomic mass is 35.5. The molecule has 0 aliphatic heterocycles. The van der Waals surface area contributed by atoms with Gasteiger partial charge in [0.25, 0.3) is 0 Å². The lowest BCUT2D eigenvalue weighted by Crippen LogP contribution is -2.17. The van der Waals surface area contributed by atoms with Gasteiger partial charge in [0.05, 0.1) is 17.8 Å². The smallest absolute Gasteiger partial charge is 0.231 e. The maximum absolute atomic E-state index is 12.3. The predicted octanol–water partition coefficient (Wildman–Crippen LogP) is 3.61. The lowest BCUT2D eigenvalue weighted by atomic mass is 10.1. The number of hydrogen-bond donors (Lipinski definition) is 1. The quantitative estimate of drug-likeness (QED) is 0.880. The molecule has 3 rings (SSSR count). The first-order valence-electron chi connectivity index (χ1n) is 6.24. The number of alkyl halides is 2. The van der Waals surface area contributed by atoms with Crippen LogP contribution in [0, 0.1) is 5.92 Å². The lowest BCUT2D eigenvalue weighted by molar-refractivity contribution is -0.117. The van der Waals surface area contributed by atoms with Crippen LogP contribution in [0.5, 0.6) is 0 Å². The number of halogens is 2. The van der Waals surface area contributed by atoms with Crippen molar-refractivity contribution in [2.45, 2.75) is 10.3 Å². The van der Waals surface area contributed by atoms with Crippen molar-refractivity contribution in [3.05, 3.63) is 60.4 Å². The van der Waals surface area contributed by atoms with E-state index in [0.717, 1.165) is 5.56 Å². The minimum atomic E-state index is -1.05. The van der Waals surface area contributed by atoms with E-state index in [1.165, 1.54) is 0 Å². The molecule has 1 heterocycles. The molecule has 1 N–H and O–H groups in total. The summed E-state index contributed by atoms with van der Waals surface area (Å²) in [7, 11) is 0. The van der Waals surface area contributed by atoms with Gasteiger partial charge in [-0.1, -0.05) is 30.3 Å². The largest absolute Gasteiger partial charge is 0.324 e. The highest BCUT2D eigenvalue weighted by Gasteiger charge is 2.67. The second-order valence-electron chi connectivity index (χ2n) is 4.77. The maximum Gasteiger partial charge on any atom is 0.231 e. The van der Waals surface area contributed by atoms with Crippen LogP contribution in [0.2, 0.25) is 0 Å². The van der Waals surface area contributed by atoms with Crippen LogP contribution in [0.25, 0.3) is 0 Å². The molecule has 0 unspecified atom stereocenters. The molecule has 102 valence electrons. The number of aromatic nitrogens is 1. The number of pyridine rings is 1. The van der Waals surface area contributed by atoms with Crippen molar-refractivity contribution >= 4 is 34.8 Å². The summed E-state index contributed by atoms with van der Waals surface area (Å²) in [4.78, 5) is 16.2. The van der Waals surface area contributed by atoms with E-state index < -0.39 is 10.3 Å². The minimum absolute atomic E-state index is 0.177. The molecule has 1 aromatic heterocycles. The zero-order chi connectivity index (χ0) is 14.2. The first kappa shape index (κ1) is 13.4. The SMILES string of the molecule is O=C(Nc1cccnc1)[C@H]1[C@@H](c2ccccc2)C1(Cl)Cl. The van der Waals surface area contributed by atoms with Gasteiger partial charge in [0.2, 0.25) is 5.91 Å². The summed E-state index contributed by atoms with van der Waals surface area (Å²) in [6.07, 6.45) is 3.23. The number of carbonyl (C=O) groups excluding carboxylic acids is 1. The molecule has 20 heavy (non-hydrogen) atoms. The highest BCUT2D eigenvalue weighted by Crippen LogP contribution is 2.65. The molecule has 1 aromatic carbocycles. The Morgan fingerprint density at radius 3 is 2.55 bits per heavy atom. The zero-order valence-electron chi connectivity index (χ0n) is 10.5. The Bertz CT molecular complexity index is 616. The fourth-order valence-electron chi connectivity index (χ4n) is 2.38. The topological polar surface area (TPSA) is 42.0 Å². The number of hydrogen-bond acceptors (Lipinski definition) is 2. The third-order valence-corrected chi connectivity index (χ3v) is 4.36. The molecule has 0 saturated heterocycles. The van der Waals surface area contributed by atoms with Gasteiger partial charge in [-0.3, -0.25) is 9.78 Å². The van der Waals surface area contributed by atoms with Crippen molar-refractivity contribution in [2.75, 3.05) is 5.32 Å². The van der Waals surface area contributed by atoms with Gasteiger partial charge in [-0.05, 0) is 17.7 Å². The Morgan fingerprint density at radius 2 is 1.90 bits per heavy atom. The van der Waals surface area contributed by atoms with Crippen molar-refractivity contribution in [3.8, 4) is 0 Å². The summed E-state index contributed by atoms with van der Waals surface area (Å²) < 4.78 is -1.05. The third-order valence-electron chi connectivity index (χ3n) is 3.42. The molecule has 1 fully saturated rings. The predicted molar refractivity (Wildman–Crippen MR) is 80.0 cm³/mol. The van der Waals surface area contributed by atoms with Crippen molar-refractivity contribution in [2.24, 2.45) is 5.92 Å². The average molecular weight is 307 g/mol. The Labute approximate surface area is 126 Å². The van der Waals surface area contributed by atoms with Crippen LogP contribution in [-0.4, -0.2) is 15.2 Å². The zero-order valence-corrected chi connectivity index (χ0v) is 12.0. The second kappa shape index (κ2) is 5.08. The van der Waals surface area contributed by atoms with Gasteiger partial charge in [-0.2, -0.15) is 0 Å². The molecule has 1 amide bonds. The summed E-state index contributed by atoms with van der Waals surface area (Å²) in [6.45, 7) is 0. The number of rotatable bonds is 3. The van der Waals surface area contributed by atoms with Crippen LogP contribution in [0.3, 0.4) is 0 Å². The summed E-state index contributed by atoms with van der Waals surface area (Å²) in [5, 5.41) is 2.79. The van der Waals surface area contributed by atoms with Gasteiger partial charge < -0.3 is 5.32 Å². The standard InChI is InChI=1S/C15H12Cl2N2O/c16-15(17)12(10-5-2-1-3-6-10)13(15)14(20)19-11-7-4-8-18-9-11/h1-9,12-13H,(H,19,20)/t12-,13-/m1/s1. The lowest BCUT2D eigenvalue weighted by Gasteiger charge is -2.03. The normalized spacial score (nSPS) is 23.1. The highest BCUT2D eigenvalue weighted by molar-refractivity contribution is 6.53. The van der Waals surface area contributed by atoms with E-state index in [4.69, 9.17) is 23.2 Å². The average Bonchev–Trinajstić information content (AvgIpc) is 3.04. The Hall–Kier alpha value is -1.58. The molecular weight excluding hydrogens is 295 g/mol. The molecule has 2 atom stereocenters. The van der Waals surface area contributed by atoms with Gasteiger partial charge >= 0.3 is 0 Å². The van der Waals surface area contributed by atoms with Crippen molar-refractivity contribution in [1.82, 2.24) is 4.98 Å². The first-order chi connectivity index (χ1) is 9.60.